The van der Waals surface area contributed by atoms with E-state index >= 15 is 0 Å². The highest BCUT2D eigenvalue weighted by Gasteiger charge is 2.24. The maximum atomic E-state index is 12.7. The summed E-state index contributed by atoms with van der Waals surface area (Å²) in [6.07, 6.45) is 5.98. The Bertz CT molecular complexity index is 1030. The third-order valence-corrected chi connectivity index (χ3v) is 4.71. The van der Waals surface area contributed by atoms with Gasteiger partial charge in [-0.25, -0.2) is 20.2 Å². The first-order valence-corrected chi connectivity index (χ1v) is 9.12. The Labute approximate surface area is 166 Å². The van der Waals surface area contributed by atoms with E-state index in [-0.39, 0.29) is 17.4 Å². The van der Waals surface area contributed by atoms with Crippen molar-refractivity contribution in [2.24, 2.45) is 0 Å². The number of hydroxylamine groups is 1. The number of hydrogen-bond donors (Lipinski definition) is 2. The summed E-state index contributed by atoms with van der Waals surface area (Å²) < 4.78 is 9.03. The zero-order valence-electron chi connectivity index (χ0n) is 15.5. The molecule has 4 rings (SSSR count). The lowest BCUT2D eigenvalue weighted by molar-refractivity contribution is 0.0284. The molecule has 1 aliphatic rings. The lowest BCUT2D eigenvalue weighted by Crippen LogP contribution is -2.46. The highest BCUT2D eigenvalue weighted by molar-refractivity contribution is 5.92. The third kappa shape index (κ3) is 4.03. The monoisotopic (exact) mass is 396 g/mol. The Balaban J connectivity index is 1.45. The number of anilines is 1. The van der Waals surface area contributed by atoms with Crippen LogP contribution in [0, 0.1) is 0 Å². The number of para-hydroxylation sites is 1. The molecule has 1 aliphatic heterocycles. The van der Waals surface area contributed by atoms with Crippen LogP contribution in [0.15, 0.2) is 59.9 Å². The molecule has 150 valence electrons. The van der Waals surface area contributed by atoms with E-state index in [1.165, 1.54) is 12.4 Å². The number of carbonyl (C=O) groups is 1. The van der Waals surface area contributed by atoms with Crippen molar-refractivity contribution in [3.63, 3.8) is 0 Å². The van der Waals surface area contributed by atoms with Gasteiger partial charge in [0, 0.05) is 37.9 Å². The lowest BCUT2D eigenvalue weighted by atomic mass is 10.2. The summed E-state index contributed by atoms with van der Waals surface area (Å²) in [7, 11) is 0. The van der Waals surface area contributed by atoms with Gasteiger partial charge >= 0.3 is 5.69 Å². The summed E-state index contributed by atoms with van der Waals surface area (Å²) in [5.74, 6) is -0.208. The molecule has 0 bridgehead atoms. The van der Waals surface area contributed by atoms with E-state index < -0.39 is 5.91 Å². The van der Waals surface area contributed by atoms with Crippen LogP contribution in [0.2, 0.25) is 0 Å². The van der Waals surface area contributed by atoms with E-state index in [1.54, 1.807) is 27.0 Å². The number of nitrogens with zero attached hydrogens (tertiary/aromatic N) is 5. The maximum Gasteiger partial charge on any atom is 0.332 e. The van der Waals surface area contributed by atoms with Gasteiger partial charge in [-0.3, -0.25) is 19.1 Å². The molecule has 1 aromatic carbocycles. The summed E-state index contributed by atoms with van der Waals surface area (Å²) in [6, 6.07) is 9.43. The Morgan fingerprint density at radius 1 is 1.21 bits per heavy atom. The first-order valence-electron chi connectivity index (χ1n) is 9.12. The van der Waals surface area contributed by atoms with E-state index in [9.17, 15) is 9.59 Å². The number of hydrogen-bond acceptors (Lipinski definition) is 7. The molecule has 3 aromatic rings. The Morgan fingerprint density at radius 2 is 1.97 bits per heavy atom. The average molecular weight is 396 g/mol. The van der Waals surface area contributed by atoms with E-state index in [1.807, 2.05) is 35.2 Å². The number of aromatic nitrogens is 4. The number of nitrogens with one attached hydrogen (secondary N) is 1. The van der Waals surface area contributed by atoms with Crippen molar-refractivity contribution in [3.05, 3.63) is 71.2 Å². The summed E-state index contributed by atoms with van der Waals surface area (Å²) in [6.45, 7) is 1.98. The van der Waals surface area contributed by atoms with E-state index in [0.717, 1.165) is 5.69 Å². The van der Waals surface area contributed by atoms with Gasteiger partial charge < -0.3 is 9.64 Å². The average Bonchev–Trinajstić information content (AvgIpc) is 3.14. The quantitative estimate of drug-likeness (QED) is 0.475. The molecule has 29 heavy (non-hydrogen) atoms. The van der Waals surface area contributed by atoms with Crippen molar-refractivity contribution in [2.75, 3.05) is 24.6 Å². The van der Waals surface area contributed by atoms with Crippen LogP contribution in [0.25, 0.3) is 5.69 Å². The van der Waals surface area contributed by atoms with Crippen molar-refractivity contribution in [2.45, 2.75) is 12.6 Å². The molecule has 0 saturated carbocycles. The molecule has 1 saturated heterocycles. The van der Waals surface area contributed by atoms with Crippen molar-refractivity contribution in [1.82, 2.24) is 24.6 Å². The molecule has 1 fully saturated rings. The number of ether oxygens (including phenoxy) is 1. The van der Waals surface area contributed by atoms with Crippen LogP contribution in [-0.4, -0.2) is 56.0 Å². The number of amides is 1. The second kappa shape index (κ2) is 8.25. The number of carbonyl (C=O) groups excluding carboxylic acids is 1. The molecule has 10 heteroatoms. The van der Waals surface area contributed by atoms with E-state index in [0.29, 0.717) is 32.2 Å². The highest BCUT2D eigenvalue weighted by atomic mass is 16.5. The van der Waals surface area contributed by atoms with Crippen molar-refractivity contribution in [1.29, 1.82) is 0 Å². The third-order valence-electron chi connectivity index (χ3n) is 4.71. The first-order chi connectivity index (χ1) is 14.2. The van der Waals surface area contributed by atoms with Crippen LogP contribution < -0.4 is 16.1 Å². The number of imidazole rings is 1. The van der Waals surface area contributed by atoms with Crippen molar-refractivity contribution < 1.29 is 14.7 Å². The molecule has 1 unspecified atom stereocenters. The van der Waals surface area contributed by atoms with Gasteiger partial charge in [0.05, 0.1) is 30.5 Å². The molecule has 0 aliphatic carbocycles. The zero-order valence-corrected chi connectivity index (χ0v) is 15.5. The SMILES string of the molecule is O=C(NO)c1cnc(N2CCOC(Cn3ccn(-c4ccccc4)c3=O)C2)nc1. The molecule has 1 amide bonds. The van der Waals surface area contributed by atoms with E-state index in [4.69, 9.17) is 9.94 Å². The van der Waals surface area contributed by atoms with Crippen LogP contribution in [0.3, 0.4) is 0 Å². The van der Waals surface area contributed by atoms with Crippen LogP contribution in [0.5, 0.6) is 0 Å². The van der Waals surface area contributed by atoms with Gasteiger partial charge in [-0.15, -0.1) is 0 Å². The zero-order chi connectivity index (χ0) is 20.2. The van der Waals surface area contributed by atoms with Gasteiger partial charge in [0.25, 0.3) is 5.91 Å². The van der Waals surface area contributed by atoms with Gasteiger partial charge in [-0.2, -0.15) is 0 Å². The fourth-order valence-electron chi connectivity index (χ4n) is 3.23. The minimum Gasteiger partial charge on any atom is -0.373 e. The molecule has 0 radical (unpaired) electrons. The smallest absolute Gasteiger partial charge is 0.332 e. The van der Waals surface area contributed by atoms with Crippen LogP contribution in [0.4, 0.5) is 5.95 Å². The molecular weight excluding hydrogens is 376 g/mol. The Kier molecular flexibility index (Phi) is 5.36. The van der Waals surface area contributed by atoms with Crippen molar-refractivity contribution in [3.8, 4) is 5.69 Å². The molecule has 2 N–H and O–H groups in total. The van der Waals surface area contributed by atoms with Gasteiger partial charge in [0.2, 0.25) is 5.95 Å². The molecule has 10 nitrogen and oxygen atoms in total. The van der Waals surface area contributed by atoms with Crippen molar-refractivity contribution >= 4 is 11.9 Å². The van der Waals surface area contributed by atoms with Gasteiger partial charge in [0.15, 0.2) is 0 Å². The first kappa shape index (κ1) is 18.8. The lowest BCUT2D eigenvalue weighted by Gasteiger charge is -2.32. The largest absolute Gasteiger partial charge is 0.373 e. The second-order valence-corrected chi connectivity index (χ2v) is 6.59. The maximum absolute atomic E-state index is 12.7. The van der Waals surface area contributed by atoms with Gasteiger partial charge in [0.1, 0.15) is 0 Å². The summed E-state index contributed by atoms with van der Waals surface area (Å²) in [5, 5.41) is 8.67. The minimum absolute atomic E-state index is 0.132. The van der Waals surface area contributed by atoms with Gasteiger partial charge in [-0.05, 0) is 12.1 Å². The highest BCUT2D eigenvalue weighted by Crippen LogP contribution is 2.14. The summed E-state index contributed by atoms with van der Waals surface area (Å²) in [5.41, 5.74) is 2.38. The number of benzene rings is 1. The van der Waals surface area contributed by atoms with Crippen LogP contribution >= 0.6 is 0 Å². The molecular formula is C19H20N6O4. The number of morpholine rings is 1. The fraction of sp³-hybridized carbons (Fsp3) is 0.263. The summed E-state index contributed by atoms with van der Waals surface area (Å²) in [4.78, 5) is 34.4. The van der Waals surface area contributed by atoms with E-state index in [2.05, 4.69) is 9.97 Å². The predicted molar refractivity (Wildman–Crippen MR) is 103 cm³/mol. The predicted octanol–water partition coefficient (Wildman–Crippen LogP) is 0.453. The normalized spacial score (nSPS) is 16.6. The molecule has 3 heterocycles. The summed E-state index contributed by atoms with van der Waals surface area (Å²) >= 11 is 0. The topological polar surface area (TPSA) is 115 Å². The minimum atomic E-state index is -0.668. The fourth-order valence-corrected chi connectivity index (χ4v) is 3.23. The Hall–Kier alpha value is -3.50. The molecule has 0 spiro atoms. The molecule has 1 atom stereocenters. The number of rotatable bonds is 5. The molecule has 2 aromatic heterocycles. The van der Waals surface area contributed by atoms with Crippen LogP contribution in [0.1, 0.15) is 10.4 Å². The second-order valence-electron chi connectivity index (χ2n) is 6.59. The Morgan fingerprint density at radius 3 is 2.69 bits per heavy atom. The van der Waals surface area contributed by atoms with Crippen LogP contribution in [-0.2, 0) is 11.3 Å². The standard InChI is InChI=1S/C19H20N6O4/c26-17(22-28)14-10-20-18(21-11-14)23-8-9-29-16(12-23)13-24-6-7-25(19(24)27)15-4-2-1-3-5-15/h1-7,10-11,16,28H,8-9,12-13H2,(H,22,26). The van der Waals surface area contributed by atoms with Gasteiger partial charge in [-0.1, -0.05) is 18.2 Å².